The van der Waals surface area contributed by atoms with Crippen LogP contribution in [0.15, 0.2) is 12.7 Å². The van der Waals surface area contributed by atoms with Crippen LogP contribution in [0, 0.1) is 0 Å². The predicted octanol–water partition coefficient (Wildman–Crippen LogP) is 0.0280. The fraction of sp³-hybridized carbons (Fsp3) is 0.500. The minimum absolute atomic E-state index is 0.0282. The van der Waals surface area contributed by atoms with Crippen molar-refractivity contribution < 1.29 is 19.7 Å². The Kier molecular flexibility index (Phi) is 4.53. The van der Waals surface area contributed by atoms with Gasteiger partial charge in [-0.2, -0.15) is 4.89 Å². The smallest absolute Gasteiger partial charge is 0.365 e. The van der Waals surface area contributed by atoms with Gasteiger partial charge in [0.05, 0.1) is 6.10 Å². The normalized spacial score (nSPS) is 12.2. The summed E-state index contributed by atoms with van der Waals surface area (Å²) in [7, 11) is 0. The number of hydrogen-bond donors (Lipinski definition) is 1. The van der Waals surface area contributed by atoms with E-state index in [1.807, 2.05) is 0 Å². The van der Waals surface area contributed by atoms with Crippen LogP contribution in [0.2, 0.25) is 0 Å². The Morgan fingerprint density at radius 3 is 2.90 bits per heavy atom. The average Bonchev–Trinajstić information content (AvgIpc) is 1.87. The van der Waals surface area contributed by atoms with E-state index in [9.17, 15) is 4.79 Å². The second-order valence-electron chi connectivity index (χ2n) is 1.74. The zero-order valence-corrected chi connectivity index (χ0v) is 5.74. The summed E-state index contributed by atoms with van der Waals surface area (Å²) in [5, 5.41) is 8.60. The Morgan fingerprint density at radius 1 is 1.90 bits per heavy atom. The van der Waals surface area contributed by atoms with Crippen molar-refractivity contribution in [2.24, 2.45) is 0 Å². The minimum atomic E-state index is -0.666. The van der Waals surface area contributed by atoms with Gasteiger partial charge in [0.2, 0.25) is 0 Å². The second-order valence-corrected chi connectivity index (χ2v) is 1.74. The molecule has 10 heavy (non-hydrogen) atoms. The van der Waals surface area contributed by atoms with Gasteiger partial charge >= 0.3 is 5.97 Å². The largest absolute Gasteiger partial charge is 0.391 e. The van der Waals surface area contributed by atoms with Crippen molar-refractivity contribution in [2.45, 2.75) is 13.0 Å². The summed E-state index contributed by atoms with van der Waals surface area (Å²) in [6, 6.07) is 0. The van der Waals surface area contributed by atoms with Crippen LogP contribution >= 0.6 is 0 Å². The Morgan fingerprint density at radius 2 is 2.50 bits per heavy atom. The zero-order valence-electron chi connectivity index (χ0n) is 5.74. The molecule has 4 nitrogen and oxygen atoms in total. The lowest BCUT2D eigenvalue weighted by Gasteiger charge is -2.02. The van der Waals surface area contributed by atoms with E-state index in [-0.39, 0.29) is 6.61 Å². The van der Waals surface area contributed by atoms with Crippen LogP contribution in [-0.4, -0.2) is 23.8 Å². The lowest BCUT2D eigenvalue weighted by Crippen LogP contribution is -2.12. The van der Waals surface area contributed by atoms with Crippen LogP contribution in [0.1, 0.15) is 6.92 Å². The Bertz CT molecular complexity index is 119. The Balaban J connectivity index is 3.19. The maximum atomic E-state index is 10.2. The average molecular weight is 146 g/mol. The van der Waals surface area contributed by atoms with E-state index >= 15 is 0 Å². The van der Waals surface area contributed by atoms with Crippen molar-refractivity contribution in [3.05, 3.63) is 12.7 Å². The number of carbonyl (C=O) groups excluding carboxylic acids is 1. The highest BCUT2D eigenvalue weighted by molar-refractivity contribution is 5.80. The third kappa shape index (κ3) is 5.27. The molecule has 0 fully saturated rings. The quantitative estimate of drug-likeness (QED) is 0.345. The highest BCUT2D eigenvalue weighted by atomic mass is 17.2. The summed E-state index contributed by atoms with van der Waals surface area (Å²) in [6.07, 6.45) is 0.333. The molecule has 0 aliphatic carbocycles. The highest BCUT2D eigenvalue weighted by Gasteiger charge is 1.98. The zero-order chi connectivity index (χ0) is 7.98. The monoisotopic (exact) mass is 146 g/mol. The van der Waals surface area contributed by atoms with Crippen LogP contribution in [0.4, 0.5) is 0 Å². The first kappa shape index (κ1) is 9.13. The van der Waals surface area contributed by atoms with E-state index in [0.717, 1.165) is 6.08 Å². The first-order valence-electron chi connectivity index (χ1n) is 2.80. The molecule has 0 aliphatic heterocycles. The maximum absolute atomic E-state index is 10.2. The van der Waals surface area contributed by atoms with Crippen LogP contribution in [0.25, 0.3) is 0 Å². The van der Waals surface area contributed by atoms with E-state index < -0.39 is 12.1 Å². The molecule has 1 N–H and O–H groups in total. The van der Waals surface area contributed by atoms with E-state index in [1.165, 1.54) is 6.92 Å². The molecule has 0 aromatic heterocycles. The van der Waals surface area contributed by atoms with Crippen molar-refractivity contribution >= 4 is 5.97 Å². The molecule has 0 bridgehead atoms. The SMILES string of the molecule is C=CC(=O)OOCC(C)O. The molecule has 0 aliphatic rings. The molecule has 1 atom stereocenters. The molecule has 0 saturated carbocycles. The van der Waals surface area contributed by atoms with Crippen molar-refractivity contribution in [1.29, 1.82) is 0 Å². The summed E-state index contributed by atoms with van der Waals surface area (Å²) >= 11 is 0. The number of rotatable bonds is 4. The van der Waals surface area contributed by atoms with E-state index in [2.05, 4.69) is 16.4 Å². The molecule has 0 aromatic rings. The molecular formula is C6H10O4. The number of aliphatic hydroxyl groups excluding tert-OH is 1. The molecule has 0 saturated heterocycles. The molecular weight excluding hydrogens is 136 g/mol. The van der Waals surface area contributed by atoms with Crippen molar-refractivity contribution in [2.75, 3.05) is 6.61 Å². The van der Waals surface area contributed by atoms with E-state index in [0.29, 0.717) is 0 Å². The summed E-state index contributed by atoms with van der Waals surface area (Å²) in [5.74, 6) is -0.666. The van der Waals surface area contributed by atoms with Gasteiger partial charge in [0.15, 0.2) is 0 Å². The summed E-state index contributed by atoms with van der Waals surface area (Å²) in [6.45, 7) is 4.63. The van der Waals surface area contributed by atoms with E-state index in [4.69, 9.17) is 5.11 Å². The van der Waals surface area contributed by atoms with Crippen LogP contribution in [-0.2, 0) is 14.6 Å². The molecule has 0 spiro atoms. The molecule has 0 heterocycles. The number of aliphatic hydroxyl groups is 1. The molecule has 0 radical (unpaired) electrons. The van der Waals surface area contributed by atoms with Crippen molar-refractivity contribution in [3.63, 3.8) is 0 Å². The first-order chi connectivity index (χ1) is 4.66. The van der Waals surface area contributed by atoms with Crippen LogP contribution in [0.3, 0.4) is 0 Å². The van der Waals surface area contributed by atoms with Gasteiger partial charge in [-0.15, -0.1) is 0 Å². The molecule has 0 rings (SSSR count). The first-order valence-corrected chi connectivity index (χ1v) is 2.80. The fourth-order valence-electron chi connectivity index (χ4n) is 0.225. The van der Waals surface area contributed by atoms with Gasteiger partial charge in [0, 0.05) is 6.08 Å². The van der Waals surface area contributed by atoms with E-state index in [1.54, 1.807) is 0 Å². The number of carbonyl (C=O) groups is 1. The van der Waals surface area contributed by atoms with Gasteiger partial charge in [-0.1, -0.05) is 6.58 Å². The lowest BCUT2D eigenvalue weighted by atomic mass is 10.5. The van der Waals surface area contributed by atoms with Crippen LogP contribution in [0.5, 0.6) is 0 Å². The van der Waals surface area contributed by atoms with Gasteiger partial charge in [0.1, 0.15) is 6.61 Å². The molecule has 4 heteroatoms. The molecule has 0 amide bonds. The predicted molar refractivity (Wildman–Crippen MR) is 33.9 cm³/mol. The third-order valence-electron chi connectivity index (χ3n) is 0.617. The molecule has 0 aromatic carbocycles. The second kappa shape index (κ2) is 4.96. The summed E-state index contributed by atoms with van der Waals surface area (Å²) in [5.41, 5.74) is 0. The van der Waals surface area contributed by atoms with Crippen LogP contribution < -0.4 is 0 Å². The van der Waals surface area contributed by atoms with Gasteiger partial charge in [0.25, 0.3) is 0 Å². The highest BCUT2D eigenvalue weighted by Crippen LogP contribution is 1.85. The van der Waals surface area contributed by atoms with Gasteiger partial charge in [-0.25, -0.2) is 4.79 Å². The van der Waals surface area contributed by atoms with Crippen molar-refractivity contribution in [1.82, 2.24) is 0 Å². The van der Waals surface area contributed by atoms with Gasteiger partial charge < -0.3 is 5.11 Å². The maximum Gasteiger partial charge on any atom is 0.365 e. The number of hydrogen-bond acceptors (Lipinski definition) is 4. The van der Waals surface area contributed by atoms with Crippen molar-refractivity contribution in [3.8, 4) is 0 Å². The summed E-state index contributed by atoms with van der Waals surface area (Å²) in [4.78, 5) is 18.6. The standard InChI is InChI=1S/C6H10O4/c1-3-6(8)10-9-4-5(2)7/h3,5,7H,1,4H2,2H3. The summed E-state index contributed by atoms with van der Waals surface area (Å²) < 4.78 is 0. The Hall–Kier alpha value is -0.870. The fourth-order valence-corrected chi connectivity index (χ4v) is 0.225. The molecule has 1 unspecified atom stereocenters. The minimum Gasteiger partial charge on any atom is -0.391 e. The van der Waals surface area contributed by atoms with Gasteiger partial charge in [-0.3, -0.25) is 4.89 Å². The molecule has 58 valence electrons. The van der Waals surface area contributed by atoms with Gasteiger partial charge in [-0.05, 0) is 6.92 Å². The topological polar surface area (TPSA) is 55.8 Å². The third-order valence-corrected chi connectivity index (χ3v) is 0.617. The lowest BCUT2D eigenvalue weighted by molar-refractivity contribution is -0.275. The Labute approximate surface area is 59.0 Å².